The Bertz CT molecular complexity index is 1010. The zero-order valence-corrected chi connectivity index (χ0v) is 31.3. The normalized spacial score (nSPS) is 50.6. The molecule has 5 aliphatic rings. The smallest absolute Gasteiger partial charge is 0.161 e. The van der Waals surface area contributed by atoms with Crippen LogP contribution in [-0.2, 0) is 61.6 Å². The van der Waals surface area contributed by atoms with E-state index in [0.29, 0.717) is 19.3 Å². The molecule has 5 aliphatic heterocycles. The molecule has 0 radical (unpaired) electrons. The highest BCUT2D eigenvalue weighted by atomic mass is 16.8. The average molecular weight is 723 g/mol. The number of ether oxygens (including phenoxy) is 13. The van der Waals surface area contributed by atoms with Crippen LogP contribution in [0.3, 0.4) is 0 Å². The van der Waals surface area contributed by atoms with E-state index in [-0.39, 0.29) is 49.1 Å². The zero-order valence-electron chi connectivity index (χ0n) is 31.3. The lowest BCUT2D eigenvalue weighted by Crippen LogP contribution is -2.58. The van der Waals surface area contributed by atoms with Gasteiger partial charge in [0.25, 0.3) is 0 Å². The van der Waals surface area contributed by atoms with Gasteiger partial charge in [0.2, 0.25) is 0 Å². The van der Waals surface area contributed by atoms with Crippen LogP contribution in [-0.4, -0.2) is 161 Å². The fraction of sp³-hybridized carbons (Fsp3) is 1.00. The highest BCUT2D eigenvalue weighted by molar-refractivity contribution is 4.91. The lowest BCUT2D eigenvalue weighted by molar-refractivity contribution is -0.348. The lowest BCUT2D eigenvalue weighted by Gasteiger charge is -2.47. The summed E-state index contributed by atoms with van der Waals surface area (Å²) in [4.78, 5) is 0. The number of aliphatic hydroxyl groups is 2. The standard InChI is InChI=1S/C35H62O15/c1-16-11-24(39-8)33(19(4)42-16)50-30-15-26(41-10)34(20(5)46-30)48-27-12-22(36)32(18(3)44-27)47-29-14-25(40-9)35(21(6)45-29)49-28-13-23(38-7)31(37)17(2)43-28/h16-37H,11-15H2,1-10H3. The molecule has 0 aromatic carbocycles. The Balaban J connectivity index is 1.12. The van der Waals surface area contributed by atoms with Gasteiger partial charge in [-0.3, -0.25) is 0 Å². The molecule has 0 aromatic heterocycles. The molecule has 5 heterocycles. The summed E-state index contributed by atoms with van der Waals surface area (Å²) in [7, 11) is 6.51. The van der Waals surface area contributed by atoms with Gasteiger partial charge in [0.05, 0.1) is 67.1 Å². The average Bonchev–Trinajstić information content (AvgIpc) is 3.07. The maximum absolute atomic E-state index is 11.3. The summed E-state index contributed by atoms with van der Waals surface area (Å²) >= 11 is 0. The van der Waals surface area contributed by atoms with E-state index >= 15 is 0 Å². The molecular weight excluding hydrogens is 660 g/mol. The molecule has 5 rings (SSSR count). The highest BCUT2D eigenvalue weighted by Gasteiger charge is 2.48. The Morgan fingerprint density at radius 3 is 1.18 bits per heavy atom. The van der Waals surface area contributed by atoms with Crippen molar-refractivity contribution in [2.45, 2.75) is 196 Å². The Morgan fingerprint density at radius 1 is 0.400 bits per heavy atom. The van der Waals surface area contributed by atoms with E-state index in [1.54, 1.807) is 35.4 Å². The molecule has 0 amide bonds. The van der Waals surface area contributed by atoms with Crippen LogP contribution in [0.5, 0.6) is 0 Å². The van der Waals surface area contributed by atoms with Gasteiger partial charge < -0.3 is 71.8 Å². The molecule has 0 aromatic rings. The second-order valence-electron chi connectivity index (χ2n) is 14.5. The lowest BCUT2D eigenvalue weighted by atomic mass is 9.98. The van der Waals surface area contributed by atoms with Gasteiger partial charge in [0.15, 0.2) is 25.2 Å². The maximum Gasteiger partial charge on any atom is 0.161 e. The molecule has 5 fully saturated rings. The van der Waals surface area contributed by atoms with Crippen molar-refractivity contribution in [2.75, 3.05) is 28.4 Å². The monoisotopic (exact) mass is 722 g/mol. The summed E-state index contributed by atoms with van der Waals surface area (Å²) in [5, 5.41) is 21.6. The molecule has 50 heavy (non-hydrogen) atoms. The molecule has 0 aliphatic carbocycles. The molecular formula is C35H62O15. The molecule has 0 saturated carbocycles. The van der Waals surface area contributed by atoms with Crippen LogP contribution in [0.15, 0.2) is 0 Å². The summed E-state index contributed by atoms with van der Waals surface area (Å²) in [5.41, 5.74) is 0. The van der Waals surface area contributed by atoms with Crippen LogP contribution in [0.1, 0.15) is 73.6 Å². The van der Waals surface area contributed by atoms with Crippen molar-refractivity contribution in [3.8, 4) is 0 Å². The Hall–Kier alpha value is -0.600. The first-order chi connectivity index (χ1) is 23.8. The second kappa shape index (κ2) is 18.2. The van der Waals surface area contributed by atoms with Crippen molar-refractivity contribution >= 4 is 0 Å². The van der Waals surface area contributed by atoms with Crippen molar-refractivity contribution in [1.29, 1.82) is 0 Å². The number of hydrogen-bond acceptors (Lipinski definition) is 15. The molecule has 20 atom stereocenters. The number of methoxy groups -OCH3 is 4. The summed E-state index contributed by atoms with van der Waals surface area (Å²) in [6.07, 6.45) is -6.87. The molecule has 15 heteroatoms. The minimum absolute atomic E-state index is 0.0877. The number of aliphatic hydroxyl groups excluding tert-OH is 2. The first kappa shape index (κ1) is 40.6. The quantitative estimate of drug-likeness (QED) is 0.301. The first-order valence-corrected chi connectivity index (χ1v) is 18.2. The van der Waals surface area contributed by atoms with E-state index in [9.17, 15) is 10.2 Å². The van der Waals surface area contributed by atoms with Gasteiger partial charge in [-0.1, -0.05) is 0 Å². The third-order valence-electron chi connectivity index (χ3n) is 10.8. The molecule has 2 N–H and O–H groups in total. The molecule has 5 saturated heterocycles. The molecule has 292 valence electrons. The van der Waals surface area contributed by atoms with Crippen molar-refractivity contribution in [1.82, 2.24) is 0 Å². The number of hydrogen-bond donors (Lipinski definition) is 2. The largest absolute Gasteiger partial charge is 0.390 e. The van der Waals surface area contributed by atoms with E-state index in [0.717, 1.165) is 6.42 Å². The van der Waals surface area contributed by atoms with Gasteiger partial charge in [0, 0.05) is 60.5 Å². The van der Waals surface area contributed by atoms with Gasteiger partial charge in [-0.15, -0.1) is 0 Å². The Labute approximate surface area is 296 Å². The molecule has 0 bridgehead atoms. The van der Waals surface area contributed by atoms with Gasteiger partial charge in [-0.05, 0) is 41.5 Å². The Morgan fingerprint density at radius 2 is 0.740 bits per heavy atom. The minimum atomic E-state index is -0.884. The Kier molecular flexibility index (Phi) is 14.7. The van der Waals surface area contributed by atoms with E-state index in [1.165, 1.54) is 0 Å². The molecule has 15 nitrogen and oxygen atoms in total. The second-order valence-corrected chi connectivity index (χ2v) is 14.5. The van der Waals surface area contributed by atoms with Crippen molar-refractivity contribution in [2.24, 2.45) is 0 Å². The maximum atomic E-state index is 11.3. The van der Waals surface area contributed by atoms with Crippen molar-refractivity contribution in [3.63, 3.8) is 0 Å². The van der Waals surface area contributed by atoms with E-state index < -0.39 is 80.1 Å². The fourth-order valence-electron chi connectivity index (χ4n) is 8.06. The van der Waals surface area contributed by atoms with Crippen molar-refractivity contribution in [3.05, 3.63) is 0 Å². The van der Waals surface area contributed by atoms with Crippen LogP contribution in [0.4, 0.5) is 0 Å². The molecule has 0 spiro atoms. The van der Waals surface area contributed by atoms with Gasteiger partial charge in [-0.2, -0.15) is 0 Å². The minimum Gasteiger partial charge on any atom is -0.390 e. The van der Waals surface area contributed by atoms with Crippen LogP contribution in [0.2, 0.25) is 0 Å². The van der Waals surface area contributed by atoms with Gasteiger partial charge in [0.1, 0.15) is 30.5 Å². The van der Waals surface area contributed by atoms with Crippen LogP contribution >= 0.6 is 0 Å². The highest BCUT2D eigenvalue weighted by Crippen LogP contribution is 2.36. The third-order valence-corrected chi connectivity index (χ3v) is 10.8. The topological polar surface area (TPSA) is 160 Å². The van der Waals surface area contributed by atoms with E-state index in [2.05, 4.69) is 0 Å². The fourth-order valence-corrected chi connectivity index (χ4v) is 8.06. The summed E-state index contributed by atoms with van der Waals surface area (Å²) in [6, 6.07) is 0. The SMILES string of the molecule is COC1CC(OC2C(C)OC(OC3C(O)CC(OC4C(C)OC(OC5C(C)OC(C)CC5OC)CC4OC)OC3C)CC2OC)OC(C)C1O. The third kappa shape index (κ3) is 9.54. The molecule has 20 unspecified atom stereocenters. The first-order valence-electron chi connectivity index (χ1n) is 18.2. The number of rotatable bonds is 12. The summed E-state index contributed by atoms with van der Waals surface area (Å²) < 4.78 is 79.0. The zero-order chi connectivity index (χ0) is 36.3. The van der Waals surface area contributed by atoms with Crippen LogP contribution in [0, 0.1) is 0 Å². The summed E-state index contributed by atoms with van der Waals surface area (Å²) in [5.74, 6) is 0. The van der Waals surface area contributed by atoms with Crippen LogP contribution in [0.25, 0.3) is 0 Å². The summed E-state index contributed by atoms with van der Waals surface area (Å²) in [6.45, 7) is 11.5. The van der Waals surface area contributed by atoms with Crippen molar-refractivity contribution < 1.29 is 71.8 Å². The van der Waals surface area contributed by atoms with E-state index in [1.807, 2.05) is 34.6 Å². The van der Waals surface area contributed by atoms with E-state index in [4.69, 9.17) is 61.6 Å². The van der Waals surface area contributed by atoms with Crippen LogP contribution < -0.4 is 0 Å². The van der Waals surface area contributed by atoms with Gasteiger partial charge >= 0.3 is 0 Å². The predicted molar refractivity (Wildman–Crippen MR) is 175 cm³/mol. The van der Waals surface area contributed by atoms with Gasteiger partial charge in [-0.25, -0.2) is 0 Å². The predicted octanol–water partition coefficient (Wildman–Crippen LogP) is 2.05.